The highest BCUT2D eigenvalue weighted by atomic mass is 19.3. The summed E-state index contributed by atoms with van der Waals surface area (Å²) >= 11 is 0. The lowest BCUT2D eigenvalue weighted by Gasteiger charge is -2.20. The third kappa shape index (κ3) is 4.17. The number of rotatable bonds is 6. The van der Waals surface area contributed by atoms with Gasteiger partial charge in [0.1, 0.15) is 5.75 Å². The smallest absolute Gasteiger partial charge is 0.387 e. The Hall–Kier alpha value is -1.16. The van der Waals surface area contributed by atoms with Gasteiger partial charge in [-0.2, -0.15) is 8.78 Å². The molecule has 3 unspecified atom stereocenters. The normalized spacial score (nSPS) is 24.1. The van der Waals surface area contributed by atoms with Gasteiger partial charge in [-0.1, -0.05) is 31.5 Å². The van der Waals surface area contributed by atoms with Gasteiger partial charge in [0.15, 0.2) is 0 Å². The minimum Gasteiger partial charge on any atom is -0.434 e. The Labute approximate surface area is 119 Å². The lowest BCUT2D eigenvalue weighted by atomic mass is 10.0. The van der Waals surface area contributed by atoms with Crippen LogP contribution in [-0.4, -0.2) is 13.2 Å². The minimum absolute atomic E-state index is 0.0147. The van der Waals surface area contributed by atoms with Crippen molar-refractivity contribution in [1.29, 1.82) is 0 Å². The summed E-state index contributed by atoms with van der Waals surface area (Å²) in [5, 5.41) is 3.45. The average Bonchev–Trinajstić information content (AvgIpc) is 2.82. The molecule has 0 aromatic heterocycles. The Balaban J connectivity index is 1.93. The molecule has 4 heteroatoms. The molecular weight excluding hydrogens is 260 g/mol. The molecule has 1 saturated carbocycles. The molecule has 0 saturated heterocycles. The highest BCUT2D eigenvalue weighted by Crippen LogP contribution is 2.31. The number of hydrogen-bond donors (Lipinski definition) is 1. The largest absolute Gasteiger partial charge is 0.434 e. The van der Waals surface area contributed by atoms with Crippen molar-refractivity contribution in [2.24, 2.45) is 11.8 Å². The van der Waals surface area contributed by atoms with Crippen molar-refractivity contribution in [3.8, 4) is 5.75 Å². The molecule has 1 aromatic rings. The first kappa shape index (κ1) is 15.2. The van der Waals surface area contributed by atoms with Crippen LogP contribution < -0.4 is 10.1 Å². The molecule has 112 valence electrons. The van der Waals surface area contributed by atoms with Crippen molar-refractivity contribution in [3.05, 3.63) is 29.8 Å². The highest BCUT2D eigenvalue weighted by Gasteiger charge is 2.22. The van der Waals surface area contributed by atoms with E-state index in [-0.39, 0.29) is 11.8 Å². The van der Waals surface area contributed by atoms with Crippen molar-refractivity contribution in [1.82, 2.24) is 5.32 Å². The summed E-state index contributed by atoms with van der Waals surface area (Å²) in [5.41, 5.74) is 0.791. The van der Waals surface area contributed by atoms with Crippen LogP contribution in [0.15, 0.2) is 24.3 Å². The second-order valence-corrected chi connectivity index (χ2v) is 5.83. The fraction of sp³-hybridized carbons (Fsp3) is 0.625. The molecule has 0 heterocycles. The third-order valence-corrected chi connectivity index (χ3v) is 4.12. The summed E-state index contributed by atoms with van der Waals surface area (Å²) in [4.78, 5) is 0. The first-order valence-electron chi connectivity index (χ1n) is 7.33. The molecule has 0 aliphatic heterocycles. The fourth-order valence-corrected chi connectivity index (χ4v) is 3.01. The van der Waals surface area contributed by atoms with Crippen LogP contribution in [0.5, 0.6) is 5.75 Å². The Morgan fingerprint density at radius 2 is 2.05 bits per heavy atom. The number of benzene rings is 1. The molecule has 0 amide bonds. The summed E-state index contributed by atoms with van der Waals surface area (Å²) in [7, 11) is 0. The van der Waals surface area contributed by atoms with Gasteiger partial charge in [0.05, 0.1) is 0 Å². The molecule has 1 aliphatic rings. The topological polar surface area (TPSA) is 21.3 Å². The Morgan fingerprint density at radius 3 is 2.70 bits per heavy atom. The van der Waals surface area contributed by atoms with Gasteiger partial charge in [-0.15, -0.1) is 0 Å². The first-order chi connectivity index (χ1) is 9.56. The molecule has 2 rings (SSSR count). The second kappa shape index (κ2) is 7.02. The van der Waals surface area contributed by atoms with E-state index < -0.39 is 6.61 Å². The Bertz CT molecular complexity index is 425. The van der Waals surface area contributed by atoms with Gasteiger partial charge in [0.25, 0.3) is 0 Å². The zero-order valence-corrected chi connectivity index (χ0v) is 12.1. The molecule has 1 aliphatic carbocycles. The van der Waals surface area contributed by atoms with Gasteiger partial charge in [0, 0.05) is 11.6 Å². The highest BCUT2D eigenvalue weighted by molar-refractivity contribution is 5.35. The molecule has 0 radical (unpaired) electrons. The van der Waals surface area contributed by atoms with Gasteiger partial charge < -0.3 is 10.1 Å². The minimum atomic E-state index is -2.78. The summed E-state index contributed by atoms with van der Waals surface area (Å²) in [6.07, 6.45) is 3.82. The van der Waals surface area contributed by atoms with Crippen LogP contribution in [0, 0.1) is 11.8 Å². The standard InChI is InChI=1S/C16H23F2NO/c1-11-7-8-13(9-11)10-19-12(2)14-5-3-4-6-15(14)20-16(17)18/h3-6,11-13,16,19H,7-10H2,1-2H3. The van der Waals surface area contributed by atoms with E-state index in [1.54, 1.807) is 12.1 Å². The number of halogens is 2. The maximum atomic E-state index is 12.4. The quantitative estimate of drug-likeness (QED) is 0.836. The van der Waals surface area contributed by atoms with Gasteiger partial charge >= 0.3 is 6.61 Å². The lowest BCUT2D eigenvalue weighted by Crippen LogP contribution is -2.25. The van der Waals surface area contributed by atoms with E-state index in [9.17, 15) is 8.78 Å². The molecule has 1 aromatic carbocycles. The molecule has 1 fully saturated rings. The first-order valence-corrected chi connectivity index (χ1v) is 7.33. The predicted molar refractivity (Wildman–Crippen MR) is 76.0 cm³/mol. The van der Waals surface area contributed by atoms with Crippen molar-refractivity contribution in [3.63, 3.8) is 0 Å². The molecule has 0 spiro atoms. The monoisotopic (exact) mass is 283 g/mol. The van der Waals surface area contributed by atoms with Gasteiger partial charge in [-0.05, 0) is 44.2 Å². The number of hydrogen-bond acceptors (Lipinski definition) is 2. The lowest BCUT2D eigenvalue weighted by molar-refractivity contribution is -0.0506. The van der Waals surface area contributed by atoms with Crippen LogP contribution in [0.3, 0.4) is 0 Å². The average molecular weight is 283 g/mol. The van der Waals surface area contributed by atoms with E-state index in [1.807, 2.05) is 19.1 Å². The van der Waals surface area contributed by atoms with Crippen LogP contribution in [-0.2, 0) is 0 Å². The van der Waals surface area contributed by atoms with Crippen molar-refractivity contribution in [2.75, 3.05) is 6.54 Å². The summed E-state index contributed by atoms with van der Waals surface area (Å²) in [6.45, 7) is 2.44. The maximum Gasteiger partial charge on any atom is 0.387 e. The van der Waals surface area contributed by atoms with Gasteiger partial charge in [-0.25, -0.2) is 0 Å². The molecule has 3 atom stereocenters. The van der Waals surface area contributed by atoms with E-state index in [4.69, 9.17) is 0 Å². The van der Waals surface area contributed by atoms with E-state index in [0.717, 1.165) is 18.0 Å². The van der Waals surface area contributed by atoms with Crippen molar-refractivity contribution >= 4 is 0 Å². The summed E-state index contributed by atoms with van der Waals surface area (Å²) in [5.74, 6) is 1.78. The maximum absolute atomic E-state index is 12.4. The molecular formula is C16H23F2NO. The van der Waals surface area contributed by atoms with Gasteiger partial charge in [-0.3, -0.25) is 0 Å². The number of para-hydroxylation sites is 1. The zero-order valence-electron chi connectivity index (χ0n) is 12.1. The predicted octanol–water partition coefficient (Wildman–Crippen LogP) is 4.37. The Kier molecular flexibility index (Phi) is 5.35. The number of nitrogens with one attached hydrogen (secondary N) is 1. The number of alkyl halides is 2. The van der Waals surface area contributed by atoms with Crippen LogP contribution in [0.1, 0.15) is 44.7 Å². The number of ether oxygens (including phenoxy) is 1. The van der Waals surface area contributed by atoms with E-state index >= 15 is 0 Å². The van der Waals surface area contributed by atoms with Crippen LogP contribution in [0.2, 0.25) is 0 Å². The van der Waals surface area contributed by atoms with E-state index in [1.165, 1.54) is 19.3 Å². The van der Waals surface area contributed by atoms with Gasteiger partial charge in [0.2, 0.25) is 0 Å². The fourth-order valence-electron chi connectivity index (χ4n) is 3.01. The van der Waals surface area contributed by atoms with Crippen molar-refractivity contribution < 1.29 is 13.5 Å². The van der Waals surface area contributed by atoms with Crippen LogP contribution >= 0.6 is 0 Å². The summed E-state index contributed by atoms with van der Waals surface area (Å²) < 4.78 is 29.4. The van der Waals surface area contributed by atoms with Crippen LogP contribution in [0.4, 0.5) is 8.78 Å². The summed E-state index contributed by atoms with van der Waals surface area (Å²) in [6, 6.07) is 7.01. The Morgan fingerprint density at radius 1 is 1.30 bits per heavy atom. The third-order valence-electron chi connectivity index (χ3n) is 4.12. The molecule has 0 bridgehead atoms. The van der Waals surface area contributed by atoms with Crippen molar-refractivity contribution in [2.45, 2.75) is 45.8 Å². The van der Waals surface area contributed by atoms with E-state index in [0.29, 0.717) is 5.92 Å². The van der Waals surface area contributed by atoms with Crippen LogP contribution in [0.25, 0.3) is 0 Å². The molecule has 2 nitrogen and oxygen atoms in total. The van der Waals surface area contributed by atoms with E-state index in [2.05, 4.69) is 17.0 Å². The molecule has 20 heavy (non-hydrogen) atoms. The molecule has 1 N–H and O–H groups in total. The zero-order chi connectivity index (χ0) is 14.5. The second-order valence-electron chi connectivity index (χ2n) is 5.83. The SMILES string of the molecule is CC1CCC(CNC(C)c2ccccc2OC(F)F)C1.